The summed E-state index contributed by atoms with van der Waals surface area (Å²) in [5.41, 5.74) is 8.71. The number of esters is 1. The molecule has 0 saturated carbocycles. The Morgan fingerprint density at radius 3 is 2.37 bits per heavy atom. The van der Waals surface area contributed by atoms with Gasteiger partial charge in [0.2, 0.25) is 0 Å². The van der Waals surface area contributed by atoms with Crippen molar-refractivity contribution in [1.82, 2.24) is 0 Å². The molecule has 1 heterocycles. The van der Waals surface area contributed by atoms with E-state index in [4.69, 9.17) is 15.2 Å². The number of nitrogens with two attached hydrogens (primary N) is 1. The van der Waals surface area contributed by atoms with Gasteiger partial charge in [0, 0.05) is 6.04 Å². The first-order valence-electron chi connectivity index (χ1n) is 9.30. The highest BCUT2D eigenvalue weighted by Gasteiger charge is 2.38. The highest BCUT2D eigenvalue weighted by Crippen LogP contribution is 2.27. The molecule has 1 fully saturated rings. The number of aliphatic hydroxyl groups is 1. The molecule has 1 saturated heterocycles. The Kier molecular flexibility index (Phi) is 6.26. The second-order valence-electron chi connectivity index (χ2n) is 7.51. The molecular weight excluding hydrogens is 342 g/mol. The summed E-state index contributed by atoms with van der Waals surface area (Å²) in [5.74, 6) is -0.409. The Morgan fingerprint density at radius 1 is 1.19 bits per heavy atom. The van der Waals surface area contributed by atoms with Gasteiger partial charge in [-0.05, 0) is 36.5 Å². The SMILES string of the molecule is C[C@@](CO)(C[C@H](N)Cc1ccc(-c2ccccc2)cc1)C(=O)OC1COC1. The molecule has 0 spiro atoms. The van der Waals surface area contributed by atoms with Crippen LogP contribution < -0.4 is 5.73 Å². The number of benzene rings is 2. The Labute approximate surface area is 160 Å². The standard InChI is InChI=1S/C22H27NO4/c1-22(15-24,21(25)27-20-13-26-14-20)12-19(23)11-16-7-9-18(10-8-16)17-5-3-2-4-6-17/h2-10,19-20,24H,11-15,23H2,1H3/t19-,22+/m1/s1. The molecule has 0 aliphatic carbocycles. The largest absolute Gasteiger partial charge is 0.457 e. The zero-order valence-corrected chi connectivity index (χ0v) is 15.6. The summed E-state index contributed by atoms with van der Waals surface area (Å²) in [6.07, 6.45) is 0.783. The molecule has 27 heavy (non-hydrogen) atoms. The van der Waals surface area contributed by atoms with Crippen LogP contribution in [-0.4, -0.2) is 43.0 Å². The lowest BCUT2D eigenvalue weighted by molar-refractivity contribution is -0.185. The number of aliphatic hydroxyl groups excluding tert-OH is 1. The maximum absolute atomic E-state index is 12.4. The van der Waals surface area contributed by atoms with Crippen LogP contribution in [-0.2, 0) is 20.7 Å². The summed E-state index contributed by atoms with van der Waals surface area (Å²) < 4.78 is 10.4. The number of ether oxygens (including phenoxy) is 2. The number of carbonyl (C=O) groups is 1. The zero-order valence-electron chi connectivity index (χ0n) is 15.6. The van der Waals surface area contributed by atoms with Gasteiger partial charge in [-0.3, -0.25) is 4.79 Å². The lowest BCUT2D eigenvalue weighted by Gasteiger charge is -2.33. The lowest BCUT2D eigenvalue weighted by Crippen LogP contribution is -2.45. The van der Waals surface area contributed by atoms with Crippen molar-refractivity contribution in [2.24, 2.45) is 11.1 Å². The van der Waals surface area contributed by atoms with Crippen LogP contribution in [0.15, 0.2) is 54.6 Å². The van der Waals surface area contributed by atoms with Crippen molar-refractivity contribution >= 4 is 5.97 Å². The molecule has 2 aromatic carbocycles. The van der Waals surface area contributed by atoms with Crippen molar-refractivity contribution in [3.63, 3.8) is 0 Å². The lowest BCUT2D eigenvalue weighted by atomic mass is 9.82. The maximum Gasteiger partial charge on any atom is 0.314 e. The molecule has 1 aliphatic heterocycles. The highest BCUT2D eigenvalue weighted by molar-refractivity contribution is 5.77. The van der Waals surface area contributed by atoms with Gasteiger partial charge in [0.15, 0.2) is 0 Å². The van der Waals surface area contributed by atoms with E-state index in [0.29, 0.717) is 26.1 Å². The van der Waals surface area contributed by atoms with E-state index in [0.717, 1.165) is 11.1 Å². The van der Waals surface area contributed by atoms with E-state index in [2.05, 4.69) is 36.4 Å². The van der Waals surface area contributed by atoms with Gasteiger partial charge in [-0.25, -0.2) is 0 Å². The maximum atomic E-state index is 12.4. The van der Waals surface area contributed by atoms with Crippen molar-refractivity contribution in [2.75, 3.05) is 19.8 Å². The Hall–Kier alpha value is -2.21. The normalized spacial score (nSPS) is 17.6. The van der Waals surface area contributed by atoms with Crippen LogP contribution in [0.4, 0.5) is 0 Å². The first-order valence-corrected chi connectivity index (χ1v) is 9.30. The monoisotopic (exact) mass is 369 g/mol. The number of rotatable bonds is 8. The number of hydrogen-bond donors (Lipinski definition) is 2. The summed E-state index contributed by atoms with van der Waals surface area (Å²) in [7, 11) is 0. The summed E-state index contributed by atoms with van der Waals surface area (Å²) in [5, 5.41) is 9.75. The quantitative estimate of drug-likeness (QED) is 0.699. The first-order chi connectivity index (χ1) is 13.0. The van der Waals surface area contributed by atoms with Crippen LogP contribution in [0.3, 0.4) is 0 Å². The van der Waals surface area contributed by atoms with E-state index in [1.165, 1.54) is 5.56 Å². The predicted octanol–water partition coefficient (Wildman–Crippen LogP) is 2.55. The van der Waals surface area contributed by atoms with Crippen LogP contribution >= 0.6 is 0 Å². The molecule has 3 N–H and O–H groups in total. The van der Waals surface area contributed by atoms with E-state index in [9.17, 15) is 9.90 Å². The van der Waals surface area contributed by atoms with Gasteiger partial charge in [0.05, 0.1) is 25.2 Å². The molecule has 5 heteroatoms. The van der Waals surface area contributed by atoms with E-state index >= 15 is 0 Å². The summed E-state index contributed by atoms with van der Waals surface area (Å²) in [4.78, 5) is 12.4. The van der Waals surface area contributed by atoms with Gasteiger partial charge >= 0.3 is 5.97 Å². The van der Waals surface area contributed by atoms with E-state index < -0.39 is 11.4 Å². The van der Waals surface area contributed by atoms with Gasteiger partial charge < -0.3 is 20.3 Å². The third-order valence-corrected chi connectivity index (χ3v) is 4.99. The van der Waals surface area contributed by atoms with Gasteiger partial charge in [-0.1, -0.05) is 54.6 Å². The Morgan fingerprint density at radius 2 is 1.81 bits per heavy atom. The second-order valence-corrected chi connectivity index (χ2v) is 7.51. The smallest absolute Gasteiger partial charge is 0.314 e. The minimum absolute atomic E-state index is 0.204. The molecule has 3 rings (SSSR count). The minimum atomic E-state index is -1.00. The fourth-order valence-corrected chi connectivity index (χ4v) is 3.21. The first kappa shape index (κ1) is 19.5. The molecule has 144 valence electrons. The number of carbonyl (C=O) groups excluding carboxylic acids is 1. The average molecular weight is 369 g/mol. The van der Waals surface area contributed by atoms with Crippen LogP contribution in [0.1, 0.15) is 18.9 Å². The van der Waals surface area contributed by atoms with Crippen LogP contribution in [0, 0.1) is 5.41 Å². The van der Waals surface area contributed by atoms with Crippen LogP contribution in [0.25, 0.3) is 11.1 Å². The molecule has 0 amide bonds. The van der Waals surface area contributed by atoms with E-state index in [1.807, 2.05) is 18.2 Å². The molecule has 2 aromatic rings. The van der Waals surface area contributed by atoms with Crippen molar-refractivity contribution in [2.45, 2.75) is 31.9 Å². The van der Waals surface area contributed by atoms with Crippen molar-refractivity contribution in [3.05, 3.63) is 60.2 Å². The minimum Gasteiger partial charge on any atom is -0.457 e. The van der Waals surface area contributed by atoms with E-state index in [1.54, 1.807) is 6.92 Å². The summed E-state index contributed by atoms with van der Waals surface area (Å²) >= 11 is 0. The fourth-order valence-electron chi connectivity index (χ4n) is 3.21. The molecule has 0 radical (unpaired) electrons. The van der Waals surface area contributed by atoms with Crippen molar-refractivity contribution in [1.29, 1.82) is 0 Å². The third kappa shape index (κ3) is 4.95. The van der Waals surface area contributed by atoms with Gasteiger partial charge in [0.1, 0.15) is 6.10 Å². The highest BCUT2D eigenvalue weighted by atomic mass is 16.6. The molecule has 0 aromatic heterocycles. The second kappa shape index (κ2) is 8.65. The van der Waals surface area contributed by atoms with Crippen molar-refractivity contribution in [3.8, 4) is 11.1 Å². The fraction of sp³-hybridized carbons (Fsp3) is 0.409. The van der Waals surface area contributed by atoms with Crippen LogP contribution in [0.2, 0.25) is 0 Å². The van der Waals surface area contributed by atoms with Gasteiger partial charge in [-0.2, -0.15) is 0 Å². The van der Waals surface area contributed by atoms with Gasteiger partial charge in [-0.15, -0.1) is 0 Å². The molecule has 2 atom stereocenters. The molecule has 0 bridgehead atoms. The van der Waals surface area contributed by atoms with Crippen LogP contribution in [0.5, 0.6) is 0 Å². The Bertz CT molecular complexity index is 743. The molecule has 0 unspecified atom stereocenters. The summed E-state index contributed by atoms with van der Waals surface area (Å²) in [6, 6.07) is 18.2. The molecule has 1 aliphatic rings. The van der Waals surface area contributed by atoms with Crippen molar-refractivity contribution < 1.29 is 19.4 Å². The third-order valence-electron chi connectivity index (χ3n) is 4.99. The molecular formula is C22H27NO4. The average Bonchev–Trinajstić information content (AvgIpc) is 2.65. The number of hydrogen-bond acceptors (Lipinski definition) is 5. The molecule has 5 nitrogen and oxygen atoms in total. The van der Waals surface area contributed by atoms with Gasteiger partial charge in [0.25, 0.3) is 0 Å². The van der Waals surface area contributed by atoms with E-state index in [-0.39, 0.29) is 18.8 Å². The summed E-state index contributed by atoms with van der Waals surface area (Å²) in [6.45, 7) is 2.26. The predicted molar refractivity (Wildman–Crippen MR) is 104 cm³/mol. The topological polar surface area (TPSA) is 81.8 Å². The zero-order chi connectivity index (χ0) is 19.3. The Balaban J connectivity index is 1.58.